The van der Waals surface area contributed by atoms with Crippen LogP contribution in [0.5, 0.6) is 0 Å². The maximum absolute atomic E-state index is 5.70. The molecule has 0 saturated heterocycles. The van der Waals surface area contributed by atoms with E-state index in [4.69, 9.17) is 4.42 Å². The first kappa shape index (κ1) is 16.4. The zero-order valence-corrected chi connectivity index (χ0v) is 14.6. The van der Waals surface area contributed by atoms with Gasteiger partial charge in [0, 0.05) is 31.0 Å². The summed E-state index contributed by atoms with van der Waals surface area (Å²) in [7, 11) is 0. The quantitative estimate of drug-likeness (QED) is 0.537. The predicted octanol–water partition coefficient (Wildman–Crippen LogP) is 3.51. The predicted molar refractivity (Wildman–Crippen MR) is 99.3 cm³/mol. The molecule has 4 rings (SSSR count). The van der Waals surface area contributed by atoms with Gasteiger partial charge in [0.25, 0.3) is 0 Å². The molecule has 4 aromatic rings. The summed E-state index contributed by atoms with van der Waals surface area (Å²) in [5.41, 5.74) is 4.54. The monoisotopic (exact) mass is 347 g/mol. The van der Waals surface area contributed by atoms with E-state index < -0.39 is 0 Å². The van der Waals surface area contributed by atoms with Gasteiger partial charge in [-0.05, 0) is 36.2 Å². The molecule has 0 spiro atoms. The molecule has 0 aliphatic rings. The van der Waals surface area contributed by atoms with E-state index in [-0.39, 0.29) is 0 Å². The van der Waals surface area contributed by atoms with Crippen LogP contribution in [0, 0.1) is 6.92 Å². The number of aromatic amines is 1. The SMILES string of the molecule is Cc1ccc(-c2[nH]ncc2CNCc2ccccc2Cn2cccn2)o1. The van der Waals surface area contributed by atoms with E-state index in [0.29, 0.717) is 6.54 Å². The largest absolute Gasteiger partial charge is 0.460 e. The van der Waals surface area contributed by atoms with Crippen LogP contribution in [-0.2, 0) is 19.6 Å². The van der Waals surface area contributed by atoms with Crippen molar-refractivity contribution < 1.29 is 4.42 Å². The Hall–Kier alpha value is -3.12. The van der Waals surface area contributed by atoms with Crippen LogP contribution in [0.1, 0.15) is 22.5 Å². The first-order valence-corrected chi connectivity index (χ1v) is 8.63. The van der Waals surface area contributed by atoms with E-state index >= 15 is 0 Å². The number of furan rings is 1. The van der Waals surface area contributed by atoms with E-state index in [2.05, 4.69) is 44.9 Å². The third-order valence-corrected chi connectivity index (χ3v) is 4.35. The first-order valence-electron chi connectivity index (χ1n) is 8.63. The van der Waals surface area contributed by atoms with Crippen LogP contribution in [0.25, 0.3) is 11.5 Å². The van der Waals surface area contributed by atoms with Crippen molar-refractivity contribution in [2.24, 2.45) is 0 Å². The average Bonchev–Trinajstić information content (AvgIpc) is 3.38. The van der Waals surface area contributed by atoms with Crippen LogP contribution in [0.2, 0.25) is 0 Å². The Kier molecular flexibility index (Phi) is 4.66. The Labute approximate surface area is 151 Å². The molecule has 3 aromatic heterocycles. The molecule has 6 heteroatoms. The summed E-state index contributed by atoms with van der Waals surface area (Å²) in [6.45, 7) is 4.20. The number of aromatic nitrogens is 4. The van der Waals surface area contributed by atoms with Crippen LogP contribution in [0.15, 0.2) is 65.5 Å². The van der Waals surface area contributed by atoms with Gasteiger partial charge in [0.15, 0.2) is 5.76 Å². The normalized spacial score (nSPS) is 11.1. The lowest BCUT2D eigenvalue weighted by molar-refractivity contribution is 0.545. The molecule has 0 saturated carbocycles. The smallest absolute Gasteiger partial charge is 0.152 e. The number of benzene rings is 1. The molecule has 26 heavy (non-hydrogen) atoms. The number of nitrogens with zero attached hydrogens (tertiary/aromatic N) is 3. The van der Waals surface area contributed by atoms with Crippen molar-refractivity contribution >= 4 is 0 Å². The fourth-order valence-corrected chi connectivity index (χ4v) is 3.01. The van der Waals surface area contributed by atoms with Crippen LogP contribution >= 0.6 is 0 Å². The lowest BCUT2D eigenvalue weighted by Gasteiger charge is -2.11. The van der Waals surface area contributed by atoms with Gasteiger partial charge in [-0.25, -0.2) is 0 Å². The van der Waals surface area contributed by atoms with Gasteiger partial charge in [0.1, 0.15) is 11.5 Å². The topological polar surface area (TPSA) is 71.7 Å². The lowest BCUT2D eigenvalue weighted by atomic mass is 10.1. The highest BCUT2D eigenvalue weighted by Crippen LogP contribution is 2.23. The molecule has 0 bridgehead atoms. The van der Waals surface area contributed by atoms with Crippen molar-refractivity contribution in [1.82, 2.24) is 25.3 Å². The van der Waals surface area contributed by atoms with Gasteiger partial charge in [0.05, 0.1) is 12.7 Å². The van der Waals surface area contributed by atoms with E-state index in [1.54, 1.807) is 6.20 Å². The number of hydrogen-bond donors (Lipinski definition) is 2. The number of H-pyrrole nitrogens is 1. The summed E-state index contributed by atoms with van der Waals surface area (Å²) >= 11 is 0. The van der Waals surface area contributed by atoms with Crippen molar-refractivity contribution in [3.8, 4) is 11.5 Å². The zero-order chi connectivity index (χ0) is 17.8. The number of aryl methyl sites for hydroxylation is 1. The van der Waals surface area contributed by atoms with Gasteiger partial charge in [-0.2, -0.15) is 10.2 Å². The molecular formula is C20H21N5O. The summed E-state index contributed by atoms with van der Waals surface area (Å²) < 4.78 is 7.64. The Morgan fingerprint density at radius 3 is 2.65 bits per heavy atom. The Morgan fingerprint density at radius 1 is 1.04 bits per heavy atom. The van der Waals surface area contributed by atoms with Gasteiger partial charge in [-0.15, -0.1) is 0 Å². The van der Waals surface area contributed by atoms with E-state index in [1.807, 2.05) is 42.2 Å². The molecule has 0 amide bonds. The lowest BCUT2D eigenvalue weighted by Crippen LogP contribution is -2.15. The highest BCUT2D eigenvalue weighted by molar-refractivity contribution is 5.56. The summed E-state index contributed by atoms with van der Waals surface area (Å²) in [5, 5.41) is 15.0. The average molecular weight is 347 g/mol. The minimum atomic E-state index is 0.710. The van der Waals surface area contributed by atoms with E-state index in [9.17, 15) is 0 Å². The van der Waals surface area contributed by atoms with Gasteiger partial charge in [-0.3, -0.25) is 9.78 Å². The molecule has 0 radical (unpaired) electrons. The molecule has 0 fully saturated rings. The van der Waals surface area contributed by atoms with Gasteiger partial charge >= 0.3 is 0 Å². The highest BCUT2D eigenvalue weighted by atomic mass is 16.3. The Bertz CT molecular complexity index is 968. The van der Waals surface area contributed by atoms with Crippen molar-refractivity contribution in [2.45, 2.75) is 26.6 Å². The zero-order valence-electron chi connectivity index (χ0n) is 14.6. The van der Waals surface area contributed by atoms with Crippen LogP contribution < -0.4 is 5.32 Å². The molecule has 0 atom stereocenters. The Balaban J connectivity index is 1.42. The fourth-order valence-electron chi connectivity index (χ4n) is 3.01. The summed E-state index contributed by atoms with van der Waals surface area (Å²) in [5.74, 6) is 1.71. The molecule has 2 N–H and O–H groups in total. The number of rotatable bonds is 7. The van der Waals surface area contributed by atoms with Crippen molar-refractivity contribution in [1.29, 1.82) is 0 Å². The van der Waals surface area contributed by atoms with Crippen LogP contribution in [-0.4, -0.2) is 20.0 Å². The molecule has 0 aliphatic carbocycles. The van der Waals surface area contributed by atoms with E-state index in [1.165, 1.54) is 11.1 Å². The number of nitrogens with one attached hydrogen (secondary N) is 2. The second-order valence-corrected chi connectivity index (χ2v) is 6.26. The Morgan fingerprint density at radius 2 is 1.88 bits per heavy atom. The molecular weight excluding hydrogens is 326 g/mol. The third kappa shape index (κ3) is 3.60. The van der Waals surface area contributed by atoms with Crippen LogP contribution in [0.3, 0.4) is 0 Å². The van der Waals surface area contributed by atoms with Gasteiger partial charge in [-0.1, -0.05) is 24.3 Å². The maximum Gasteiger partial charge on any atom is 0.152 e. The molecule has 0 unspecified atom stereocenters. The van der Waals surface area contributed by atoms with Gasteiger partial charge in [0.2, 0.25) is 0 Å². The summed E-state index contributed by atoms with van der Waals surface area (Å²) in [6, 6.07) is 14.3. The van der Waals surface area contributed by atoms with Crippen molar-refractivity contribution in [3.05, 3.63) is 83.5 Å². The first-order chi connectivity index (χ1) is 12.8. The number of hydrogen-bond acceptors (Lipinski definition) is 4. The third-order valence-electron chi connectivity index (χ3n) is 4.35. The highest BCUT2D eigenvalue weighted by Gasteiger charge is 2.11. The molecule has 3 heterocycles. The second kappa shape index (κ2) is 7.41. The molecule has 6 nitrogen and oxygen atoms in total. The van der Waals surface area contributed by atoms with Crippen LogP contribution in [0.4, 0.5) is 0 Å². The molecule has 0 aliphatic heterocycles. The minimum Gasteiger partial charge on any atom is -0.460 e. The fraction of sp³-hybridized carbons (Fsp3) is 0.200. The summed E-state index contributed by atoms with van der Waals surface area (Å²) in [6.07, 6.45) is 5.63. The second-order valence-electron chi connectivity index (χ2n) is 6.26. The van der Waals surface area contributed by atoms with E-state index in [0.717, 1.165) is 35.9 Å². The minimum absolute atomic E-state index is 0.710. The summed E-state index contributed by atoms with van der Waals surface area (Å²) in [4.78, 5) is 0. The molecule has 1 aromatic carbocycles. The standard InChI is InChI=1S/C20H21N5O/c1-15-7-8-19(26-15)20-18(13-22-24-20)12-21-11-16-5-2-3-6-17(16)14-25-10-4-9-23-25/h2-10,13,21H,11-12,14H2,1H3,(H,22,24). The molecule has 132 valence electrons. The van der Waals surface area contributed by atoms with Crippen molar-refractivity contribution in [3.63, 3.8) is 0 Å². The maximum atomic E-state index is 5.70. The van der Waals surface area contributed by atoms with Gasteiger partial charge < -0.3 is 9.73 Å². The van der Waals surface area contributed by atoms with Crippen molar-refractivity contribution in [2.75, 3.05) is 0 Å².